The van der Waals surface area contributed by atoms with E-state index in [9.17, 15) is 9.59 Å². The van der Waals surface area contributed by atoms with E-state index in [1.54, 1.807) is 0 Å². The fraction of sp³-hybridized carbons (Fsp3) is 0.250. The van der Waals surface area contributed by atoms with Gasteiger partial charge in [-0.25, -0.2) is 0 Å². The normalized spacial score (nSPS) is 15.7. The van der Waals surface area contributed by atoms with Gasteiger partial charge in [0.2, 0.25) is 5.91 Å². The van der Waals surface area contributed by atoms with Crippen LogP contribution in [0.2, 0.25) is 0 Å². The zero-order valence-corrected chi connectivity index (χ0v) is 16.9. The standard InChI is InChI=1S/C24H22N2O2S/c27-23(16-9-11-26(12-10-16)24(28)22-6-3-13-29-22)25-19-7-8-21-18(15-19)14-17-4-1-2-5-20(17)21/h1-8,13,15-16H,9-12,14H2,(H,25,27). The van der Waals surface area contributed by atoms with Crippen molar-refractivity contribution in [2.24, 2.45) is 5.92 Å². The molecule has 0 bridgehead atoms. The van der Waals surface area contributed by atoms with Crippen LogP contribution in [-0.2, 0) is 11.2 Å². The van der Waals surface area contributed by atoms with E-state index < -0.39 is 0 Å². The molecule has 29 heavy (non-hydrogen) atoms. The second kappa shape index (κ2) is 7.48. The minimum absolute atomic E-state index is 0.0483. The third-order valence-electron chi connectivity index (χ3n) is 5.95. The third-order valence-corrected chi connectivity index (χ3v) is 6.80. The highest BCUT2D eigenvalue weighted by Gasteiger charge is 2.28. The zero-order valence-electron chi connectivity index (χ0n) is 16.1. The topological polar surface area (TPSA) is 49.4 Å². The van der Waals surface area contributed by atoms with Gasteiger partial charge in [0.05, 0.1) is 4.88 Å². The van der Waals surface area contributed by atoms with Crippen LogP contribution in [0.3, 0.4) is 0 Å². The Morgan fingerprint density at radius 1 is 0.931 bits per heavy atom. The van der Waals surface area contributed by atoms with Crippen LogP contribution < -0.4 is 5.32 Å². The molecule has 1 aliphatic heterocycles. The van der Waals surface area contributed by atoms with Gasteiger partial charge < -0.3 is 10.2 Å². The smallest absolute Gasteiger partial charge is 0.263 e. The lowest BCUT2D eigenvalue weighted by Gasteiger charge is -2.31. The van der Waals surface area contributed by atoms with Crippen molar-refractivity contribution in [1.29, 1.82) is 0 Å². The number of fused-ring (bicyclic) bond motifs is 3. The molecule has 1 saturated heterocycles. The number of nitrogens with one attached hydrogen (secondary N) is 1. The lowest BCUT2D eigenvalue weighted by Crippen LogP contribution is -2.41. The molecule has 1 N–H and O–H groups in total. The van der Waals surface area contributed by atoms with E-state index in [4.69, 9.17) is 0 Å². The van der Waals surface area contributed by atoms with E-state index in [-0.39, 0.29) is 17.7 Å². The molecule has 0 unspecified atom stereocenters. The number of anilines is 1. The Balaban J connectivity index is 1.21. The second-order valence-electron chi connectivity index (χ2n) is 7.74. The Morgan fingerprint density at radius 2 is 1.72 bits per heavy atom. The highest BCUT2D eigenvalue weighted by Crippen LogP contribution is 2.37. The maximum absolute atomic E-state index is 12.8. The zero-order chi connectivity index (χ0) is 19.8. The summed E-state index contributed by atoms with van der Waals surface area (Å²) in [5.41, 5.74) is 6.02. The third kappa shape index (κ3) is 3.47. The molecule has 0 radical (unpaired) electrons. The molecule has 0 saturated carbocycles. The van der Waals surface area contributed by atoms with Crippen LogP contribution in [0.4, 0.5) is 5.69 Å². The molecule has 5 heteroatoms. The highest BCUT2D eigenvalue weighted by molar-refractivity contribution is 7.12. The molecule has 0 spiro atoms. The number of piperidine rings is 1. The van der Waals surface area contributed by atoms with E-state index in [0.29, 0.717) is 25.9 Å². The van der Waals surface area contributed by atoms with Crippen LogP contribution >= 0.6 is 11.3 Å². The summed E-state index contributed by atoms with van der Waals surface area (Å²) in [7, 11) is 0. The number of amides is 2. The monoisotopic (exact) mass is 402 g/mol. The SMILES string of the molecule is O=C(Nc1ccc2c(c1)Cc1ccccc1-2)C1CCN(C(=O)c2cccs2)CC1. The van der Waals surface area contributed by atoms with Crippen molar-refractivity contribution in [3.63, 3.8) is 0 Å². The number of benzene rings is 2. The summed E-state index contributed by atoms with van der Waals surface area (Å²) in [4.78, 5) is 27.9. The van der Waals surface area contributed by atoms with Crippen molar-refractivity contribution in [2.45, 2.75) is 19.3 Å². The molecule has 0 atom stereocenters. The van der Waals surface area contributed by atoms with Crippen LogP contribution in [0.1, 0.15) is 33.6 Å². The fourth-order valence-electron chi connectivity index (χ4n) is 4.37. The van der Waals surface area contributed by atoms with Crippen molar-refractivity contribution >= 4 is 28.8 Å². The van der Waals surface area contributed by atoms with E-state index >= 15 is 0 Å². The Labute approximate surface area is 174 Å². The van der Waals surface area contributed by atoms with Gasteiger partial charge in [0, 0.05) is 24.7 Å². The van der Waals surface area contributed by atoms with Gasteiger partial charge in [-0.2, -0.15) is 0 Å². The van der Waals surface area contributed by atoms with Gasteiger partial charge in [-0.1, -0.05) is 36.4 Å². The van der Waals surface area contributed by atoms with E-state index in [1.165, 1.54) is 33.6 Å². The van der Waals surface area contributed by atoms with Crippen molar-refractivity contribution in [2.75, 3.05) is 18.4 Å². The summed E-state index contributed by atoms with van der Waals surface area (Å²) >= 11 is 1.47. The first-order chi connectivity index (χ1) is 14.2. The summed E-state index contributed by atoms with van der Waals surface area (Å²) in [5, 5.41) is 5.02. The number of carbonyl (C=O) groups is 2. The molecule has 1 aliphatic carbocycles. The highest BCUT2D eigenvalue weighted by atomic mass is 32.1. The molecule has 1 aromatic heterocycles. The average Bonchev–Trinajstić information content (AvgIpc) is 3.41. The van der Waals surface area contributed by atoms with Crippen molar-refractivity contribution < 1.29 is 9.59 Å². The Morgan fingerprint density at radius 3 is 2.52 bits per heavy atom. The molecule has 146 valence electrons. The maximum Gasteiger partial charge on any atom is 0.263 e. The van der Waals surface area contributed by atoms with Crippen molar-refractivity contribution in [3.05, 3.63) is 76.0 Å². The van der Waals surface area contributed by atoms with Gasteiger partial charge in [-0.15, -0.1) is 11.3 Å². The first kappa shape index (κ1) is 18.1. The van der Waals surface area contributed by atoms with E-state index in [0.717, 1.165) is 17.0 Å². The lowest BCUT2D eigenvalue weighted by atomic mass is 9.95. The van der Waals surface area contributed by atoms with E-state index in [1.807, 2.05) is 28.5 Å². The number of likely N-dealkylation sites (tertiary alicyclic amines) is 1. The lowest BCUT2D eigenvalue weighted by molar-refractivity contribution is -0.121. The summed E-state index contributed by atoms with van der Waals surface area (Å²) in [6, 6.07) is 18.4. The number of hydrogen-bond donors (Lipinski definition) is 1. The molecule has 4 nitrogen and oxygen atoms in total. The van der Waals surface area contributed by atoms with Crippen LogP contribution in [-0.4, -0.2) is 29.8 Å². The minimum atomic E-state index is -0.0483. The average molecular weight is 403 g/mol. The van der Waals surface area contributed by atoms with Gasteiger partial charge in [0.1, 0.15) is 0 Å². The summed E-state index contributed by atoms with van der Waals surface area (Å²) in [6.07, 6.45) is 2.33. The van der Waals surface area contributed by atoms with Crippen molar-refractivity contribution in [1.82, 2.24) is 4.90 Å². The maximum atomic E-state index is 12.8. The minimum Gasteiger partial charge on any atom is -0.338 e. The molecule has 1 fully saturated rings. The van der Waals surface area contributed by atoms with Gasteiger partial charge >= 0.3 is 0 Å². The second-order valence-corrected chi connectivity index (χ2v) is 8.69. The Hall–Kier alpha value is -2.92. The van der Waals surface area contributed by atoms with Gasteiger partial charge in [0.25, 0.3) is 5.91 Å². The summed E-state index contributed by atoms with van der Waals surface area (Å²) in [6.45, 7) is 1.27. The molecular formula is C24H22N2O2S. The Bertz CT molecular complexity index is 1070. The molecule has 5 rings (SSSR count). The quantitative estimate of drug-likeness (QED) is 0.535. The summed E-state index contributed by atoms with van der Waals surface area (Å²) < 4.78 is 0. The molecule has 3 aromatic rings. The fourth-order valence-corrected chi connectivity index (χ4v) is 5.06. The molecule has 2 aromatic carbocycles. The van der Waals surface area contributed by atoms with Gasteiger partial charge in [-0.3, -0.25) is 9.59 Å². The largest absolute Gasteiger partial charge is 0.338 e. The molecular weight excluding hydrogens is 380 g/mol. The van der Waals surface area contributed by atoms with Crippen LogP contribution in [0, 0.1) is 5.92 Å². The first-order valence-electron chi connectivity index (χ1n) is 10.0. The predicted molar refractivity (Wildman–Crippen MR) is 116 cm³/mol. The number of hydrogen-bond acceptors (Lipinski definition) is 3. The van der Waals surface area contributed by atoms with Gasteiger partial charge in [-0.05, 0) is 65.1 Å². The predicted octanol–water partition coefficient (Wildman–Crippen LogP) is 4.81. The van der Waals surface area contributed by atoms with Crippen LogP contribution in [0.25, 0.3) is 11.1 Å². The Kier molecular flexibility index (Phi) is 4.68. The number of nitrogens with zero attached hydrogens (tertiary/aromatic N) is 1. The number of rotatable bonds is 3. The van der Waals surface area contributed by atoms with Crippen molar-refractivity contribution in [3.8, 4) is 11.1 Å². The van der Waals surface area contributed by atoms with Crippen LogP contribution in [0.5, 0.6) is 0 Å². The number of thiophene rings is 1. The summed E-state index contributed by atoms with van der Waals surface area (Å²) in [5.74, 6) is 0.0913. The first-order valence-corrected chi connectivity index (χ1v) is 10.9. The van der Waals surface area contributed by atoms with Gasteiger partial charge in [0.15, 0.2) is 0 Å². The number of carbonyl (C=O) groups excluding carboxylic acids is 2. The molecule has 2 aliphatic rings. The molecule has 2 heterocycles. The van der Waals surface area contributed by atoms with Crippen LogP contribution in [0.15, 0.2) is 60.0 Å². The molecule has 2 amide bonds. The van der Waals surface area contributed by atoms with E-state index in [2.05, 4.69) is 41.7 Å².